The number of nitrogens with one attached hydrogen (secondary N) is 1. The van der Waals surface area contributed by atoms with Crippen molar-refractivity contribution >= 4 is 34.8 Å². The molecule has 0 saturated carbocycles. The van der Waals surface area contributed by atoms with E-state index in [4.69, 9.17) is 4.74 Å². The third-order valence-corrected chi connectivity index (χ3v) is 5.35. The van der Waals surface area contributed by atoms with Crippen LogP contribution in [0.2, 0.25) is 0 Å². The molecule has 1 aromatic heterocycles. The van der Waals surface area contributed by atoms with Gasteiger partial charge in [-0.2, -0.15) is 0 Å². The maximum atomic E-state index is 13.4. The Morgan fingerprint density at radius 2 is 1.70 bits per heavy atom. The molecule has 4 nitrogen and oxygen atoms in total. The largest absolute Gasteiger partial charge is 0.497 e. The number of hydrogen-bond acceptors (Lipinski definition) is 4. The van der Waals surface area contributed by atoms with Crippen LogP contribution in [0.1, 0.15) is 10.4 Å². The predicted octanol–water partition coefficient (Wildman–Crippen LogP) is 6.30. The zero-order valence-electron chi connectivity index (χ0n) is 16.0. The Labute approximate surface area is 183 Å². The maximum Gasteiger partial charge on any atom is 0.257 e. The van der Waals surface area contributed by atoms with E-state index >= 15 is 0 Å². The van der Waals surface area contributed by atoms with E-state index in [1.165, 1.54) is 29.5 Å². The highest BCUT2D eigenvalue weighted by atomic mass is 35.5. The van der Waals surface area contributed by atoms with Crippen LogP contribution < -0.4 is 10.1 Å². The van der Waals surface area contributed by atoms with Crippen molar-refractivity contribution in [2.75, 3.05) is 12.4 Å². The lowest BCUT2D eigenvalue weighted by Crippen LogP contribution is -2.11. The first-order valence-corrected chi connectivity index (χ1v) is 9.73. The van der Waals surface area contributed by atoms with Gasteiger partial charge in [-0.3, -0.25) is 10.1 Å². The Kier molecular flexibility index (Phi) is 6.82. The topological polar surface area (TPSA) is 51.2 Å². The van der Waals surface area contributed by atoms with E-state index in [1.54, 1.807) is 13.2 Å². The first kappa shape index (κ1) is 21.5. The summed E-state index contributed by atoms with van der Waals surface area (Å²) in [6.45, 7) is 0. The first-order chi connectivity index (χ1) is 14.1. The van der Waals surface area contributed by atoms with Crippen molar-refractivity contribution in [2.45, 2.75) is 0 Å². The SMILES string of the molecule is COc1ccc(-c2nc(NC(=O)c3cccc(F)c3)sc2-c2ccccc2)cc1.Cl. The molecule has 0 aliphatic rings. The van der Waals surface area contributed by atoms with Gasteiger partial charge in [0.05, 0.1) is 17.7 Å². The smallest absolute Gasteiger partial charge is 0.257 e. The molecular formula is C23H18ClFN2O2S. The fourth-order valence-corrected chi connectivity index (χ4v) is 3.89. The molecule has 0 bridgehead atoms. The van der Waals surface area contributed by atoms with Gasteiger partial charge < -0.3 is 4.74 Å². The molecule has 1 heterocycles. The molecule has 30 heavy (non-hydrogen) atoms. The lowest BCUT2D eigenvalue weighted by atomic mass is 10.1. The van der Waals surface area contributed by atoms with Crippen LogP contribution in [-0.4, -0.2) is 18.0 Å². The van der Waals surface area contributed by atoms with Gasteiger partial charge in [-0.05, 0) is 48.0 Å². The zero-order valence-corrected chi connectivity index (χ0v) is 17.6. The molecule has 3 aromatic carbocycles. The lowest BCUT2D eigenvalue weighted by molar-refractivity contribution is 0.102. The zero-order chi connectivity index (χ0) is 20.2. The third kappa shape index (κ3) is 4.67. The summed E-state index contributed by atoms with van der Waals surface area (Å²) in [5.41, 5.74) is 2.92. The number of thiazole rings is 1. The minimum atomic E-state index is -0.458. The second-order valence-corrected chi connectivity index (χ2v) is 7.25. The number of carbonyl (C=O) groups is 1. The highest BCUT2D eigenvalue weighted by Gasteiger charge is 2.17. The molecule has 4 rings (SSSR count). The summed E-state index contributed by atoms with van der Waals surface area (Å²) in [6.07, 6.45) is 0. The fourth-order valence-electron chi connectivity index (χ4n) is 2.90. The number of rotatable bonds is 5. The highest BCUT2D eigenvalue weighted by molar-refractivity contribution is 7.19. The van der Waals surface area contributed by atoms with Gasteiger partial charge in [-0.25, -0.2) is 9.37 Å². The molecule has 0 fully saturated rings. The van der Waals surface area contributed by atoms with Gasteiger partial charge in [0, 0.05) is 11.1 Å². The Morgan fingerprint density at radius 1 is 0.967 bits per heavy atom. The van der Waals surface area contributed by atoms with Crippen LogP contribution in [0.25, 0.3) is 21.7 Å². The van der Waals surface area contributed by atoms with Crippen LogP contribution >= 0.6 is 23.7 Å². The maximum absolute atomic E-state index is 13.4. The average Bonchev–Trinajstić information content (AvgIpc) is 3.18. The number of nitrogens with zero attached hydrogens (tertiary/aromatic N) is 1. The van der Waals surface area contributed by atoms with Crippen molar-refractivity contribution in [3.05, 3.63) is 90.2 Å². The Balaban J connectivity index is 0.00000256. The Hall–Kier alpha value is -3.22. The summed E-state index contributed by atoms with van der Waals surface area (Å²) in [6, 6.07) is 23.0. The molecule has 0 aliphatic carbocycles. The van der Waals surface area contributed by atoms with Crippen LogP contribution in [0.15, 0.2) is 78.9 Å². The van der Waals surface area contributed by atoms with Crippen LogP contribution in [-0.2, 0) is 0 Å². The van der Waals surface area contributed by atoms with E-state index in [0.29, 0.717) is 5.13 Å². The molecular weight excluding hydrogens is 423 g/mol. The molecule has 0 spiro atoms. The van der Waals surface area contributed by atoms with Crippen molar-refractivity contribution in [2.24, 2.45) is 0 Å². The number of amides is 1. The van der Waals surface area contributed by atoms with Crippen LogP contribution in [0.5, 0.6) is 5.75 Å². The van der Waals surface area contributed by atoms with Crippen molar-refractivity contribution in [3.8, 4) is 27.4 Å². The quantitative estimate of drug-likeness (QED) is 0.396. The van der Waals surface area contributed by atoms with Crippen molar-refractivity contribution in [1.82, 2.24) is 4.98 Å². The minimum Gasteiger partial charge on any atom is -0.497 e. The molecule has 0 radical (unpaired) electrons. The van der Waals surface area contributed by atoms with Gasteiger partial charge >= 0.3 is 0 Å². The van der Waals surface area contributed by atoms with Gasteiger partial charge in [0.15, 0.2) is 5.13 Å². The summed E-state index contributed by atoms with van der Waals surface area (Å²) in [7, 11) is 1.62. The molecule has 1 amide bonds. The number of methoxy groups -OCH3 is 1. The van der Waals surface area contributed by atoms with E-state index < -0.39 is 11.7 Å². The molecule has 0 saturated heterocycles. The number of benzene rings is 3. The average molecular weight is 441 g/mol. The molecule has 4 aromatic rings. The van der Waals surface area contributed by atoms with E-state index in [0.717, 1.165) is 27.4 Å². The second-order valence-electron chi connectivity index (χ2n) is 6.26. The standard InChI is InChI=1S/C23H17FN2O2S.ClH/c1-28-19-12-10-15(11-13-19)20-21(16-6-3-2-4-7-16)29-23(25-20)26-22(27)17-8-5-9-18(24)14-17;/h2-14H,1H3,(H,25,26,27);1H. The fraction of sp³-hybridized carbons (Fsp3) is 0.0435. The monoisotopic (exact) mass is 440 g/mol. The summed E-state index contributed by atoms with van der Waals surface area (Å²) in [4.78, 5) is 18.1. The number of anilines is 1. The predicted molar refractivity (Wildman–Crippen MR) is 121 cm³/mol. The van der Waals surface area contributed by atoms with E-state index in [1.807, 2.05) is 54.6 Å². The lowest BCUT2D eigenvalue weighted by Gasteiger charge is -2.04. The van der Waals surface area contributed by atoms with E-state index in [-0.39, 0.29) is 18.0 Å². The third-order valence-electron chi connectivity index (χ3n) is 4.33. The minimum absolute atomic E-state index is 0. The van der Waals surface area contributed by atoms with Crippen molar-refractivity contribution in [3.63, 3.8) is 0 Å². The van der Waals surface area contributed by atoms with Gasteiger partial charge in [0.1, 0.15) is 11.6 Å². The van der Waals surface area contributed by atoms with Crippen LogP contribution in [0.4, 0.5) is 9.52 Å². The number of hydrogen-bond donors (Lipinski definition) is 1. The van der Waals surface area contributed by atoms with Crippen molar-refractivity contribution in [1.29, 1.82) is 0 Å². The molecule has 1 N–H and O–H groups in total. The Bertz CT molecular complexity index is 1150. The highest BCUT2D eigenvalue weighted by Crippen LogP contribution is 2.39. The number of ether oxygens (including phenoxy) is 1. The van der Waals surface area contributed by atoms with Crippen LogP contribution in [0.3, 0.4) is 0 Å². The normalized spacial score (nSPS) is 10.2. The molecule has 0 atom stereocenters. The van der Waals surface area contributed by atoms with Gasteiger partial charge in [0.25, 0.3) is 5.91 Å². The van der Waals surface area contributed by atoms with Crippen molar-refractivity contribution < 1.29 is 13.9 Å². The van der Waals surface area contributed by atoms with E-state index in [9.17, 15) is 9.18 Å². The number of aromatic nitrogens is 1. The molecule has 0 aliphatic heterocycles. The van der Waals surface area contributed by atoms with E-state index in [2.05, 4.69) is 10.3 Å². The summed E-state index contributed by atoms with van der Waals surface area (Å²) < 4.78 is 18.7. The second kappa shape index (κ2) is 9.52. The molecule has 7 heteroatoms. The molecule has 152 valence electrons. The van der Waals surface area contributed by atoms with Gasteiger partial charge in [-0.15, -0.1) is 12.4 Å². The first-order valence-electron chi connectivity index (χ1n) is 8.91. The number of carbonyl (C=O) groups excluding carboxylic acids is 1. The Morgan fingerprint density at radius 3 is 2.37 bits per heavy atom. The summed E-state index contributed by atoms with van der Waals surface area (Å²) in [5.74, 6) is -0.107. The number of halogens is 2. The van der Waals surface area contributed by atoms with Gasteiger partial charge in [0.2, 0.25) is 0 Å². The van der Waals surface area contributed by atoms with Crippen LogP contribution in [0, 0.1) is 5.82 Å². The summed E-state index contributed by atoms with van der Waals surface area (Å²) >= 11 is 1.38. The molecule has 0 unspecified atom stereocenters. The van der Waals surface area contributed by atoms with Gasteiger partial charge in [-0.1, -0.05) is 47.7 Å². The summed E-state index contributed by atoms with van der Waals surface area (Å²) in [5, 5.41) is 3.23.